The lowest BCUT2D eigenvalue weighted by molar-refractivity contribution is 0.0695. The Bertz CT molecular complexity index is 1520. The summed E-state index contributed by atoms with van der Waals surface area (Å²) in [5.41, 5.74) is 2.73. The molecular weight excluding hydrogens is 494 g/mol. The number of hydrogen-bond donors (Lipinski definition) is 2. The normalized spacial score (nSPS) is 11.8. The maximum atomic E-state index is 14.3. The van der Waals surface area contributed by atoms with Gasteiger partial charge in [0.2, 0.25) is 0 Å². The summed E-state index contributed by atoms with van der Waals surface area (Å²) in [6, 6.07) is 17.1. The van der Waals surface area contributed by atoms with Crippen molar-refractivity contribution in [1.29, 1.82) is 0 Å². The smallest absolute Gasteiger partial charge is 0.335 e. The van der Waals surface area contributed by atoms with Crippen LogP contribution in [0.25, 0.3) is 11.3 Å². The quantitative estimate of drug-likeness (QED) is 0.351. The van der Waals surface area contributed by atoms with E-state index in [1.165, 1.54) is 24.3 Å². The van der Waals surface area contributed by atoms with Gasteiger partial charge in [0.25, 0.3) is 5.91 Å². The number of halogens is 2. The van der Waals surface area contributed by atoms with Crippen LogP contribution in [-0.4, -0.2) is 44.8 Å². The van der Waals surface area contributed by atoms with Crippen LogP contribution in [-0.2, 0) is 20.2 Å². The van der Waals surface area contributed by atoms with E-state index in [1.807, 2.05) is 30.3 Å². The van der Waals surface area contributed by atoms with Crippen LogP contribution in [0.5, 0.6) is 5.75 Å². The minimum atomic E-state index is -1.17. The first-order chi connectivity index (χ1) is 18.3. The second kappa shape index (κ2) is 10.3. The number of nitrogens with zero attached hydrogens (tertiary/aromatic N) is 3. The van der Waals surface area contributed by atoms with Crippen LogP contribution < -0.4 is 10.1 Å². The van der Waals surface area contributed by atoms with Crippen molar-refractivity contribution in [3.63, 3.8) is 0 Å². The molecule has 5 rings (SSSR count). The van der Waals surface area contributed by atoms with E-state index in [1.54, 1.807) is 22.7 Å². The Labute approximate surface area is 217 Å². The van der Waals surface area contributed by atoms with Gasteiger partial charge in [0.1, 0.15) is 24.0 Å². The number of carbonyl (C=O) groups is 2. The number of carbonyl (C=O) groups excluding carboxylic acids is 1. The van der Waals surface area contributed by atoms with Gasteiger partial charge in [-0.15, -0.1) is 0 Å². The highest BCUT2D eigenvalue weighted by Gasteiger charge is 2.31. The summed E-state index contributed by atoms with van der Waals surface area (Å²) in [6.07, 6.45) is 0. The van der Waals surface area contributed by atoms with Crippen molar-refractivity contribution in [2.75, 3.05) is 18.4 Å². The summed E-state index contributed by atoms with van der Waals surface area (Å²) in [6.45, 7) is 0.684. The molecule has 1 aromatic heterocycles. The summed E-state index contributed by atoms with van der Waals surface area (Å²) in [5.74, 6) is -2.05. The summed E-state index contributed by atoms with van der Waals surface area (Å²) < 4.78 is 35.6. The molecule has 8 nitrogen and oxygen atoms in total. The van der Waals surface area contributed by atoms with Gasteiger partial charge >= 0.3 is 5.97 Å². The topological polar surface area (TPSA) is 96.7 Å². The van der Waals surface area contributed by atoms with E-state index in [2.05, 4.69) is 10.4 Å². The summed E-state index contributed by atoms with van der Waals surface area (Å²) in [5, 5.41) is 16.6. The first-order valence-electron chi connectivity index (χ1n) is 11.9. The van der Waals surface area contributed by atoms with Crippen LogP contribution in [0.3, 0.4) is 0 Å². The molecule has 4 aromatic rings. The van der Waals surface area contributed by atoms with E-state index in [0.717, 1.165) is 11.6 Å². The Morgan fingerprint density at radius 2 is 1.89 bits per heavy atom. The first kappa shape index (κ1) is 24.9. The summed E-state index contributed by atoms with van der Waals surface area (Å²) in [4.78, 5) is 26.6. The molecule has 1 aliphatic rings. The highest BCUT2D eigenvalue weighted by Crippen LogP contribution is 2.39. The molecule has 38 heavy (non-hydrogen) atoms. The van der Waals surface area contributed by atoms with Crippen LogP contribution in [0, 0.1) is 11.6 Å². The van der Waals surface area contributed by atoms with Gasteiger partial charge in [0.15, 0.2) is 5.69 Å². The fourth-order valence-electron chi connectivity index (χ4n) is 4.50. The largest absolute Gasteiger partial charge is 0.488 e. The molecule has 10 heteroatoms. The molecule has 0 bridgehead atoms. The Morgan fingerprint density at radius 1 is 1.11 bits per heavy atom. The van der Waals surface area contributed by atoms with Crippen LogP contribution in [0.4, 0.5) is 14.5 Å². The molecular formula is C28H24F2N4O4. The number of rotatable bonds is 8. The molecule has 1 aliphatic heterocycles. The minimum absolute atomic E-state index is 0.0271. The third kappa shape index (κ3) is 4.93. The number of fused-ring (bicyclic) bond motifs is 3. The lowest BCUT2D eigenvalue weighted by atomic mass is 10.0. The van der Waals surface area contributed by atoms with Crippen molar-refractivity contribution >= 4 is 17.6 Å². The van der Waals surface area contributed by atoms with Gasteiger partial charge in [0.05, 0.1) is 16.9 Å². The van der Waals surface area contributed by atoms with Crippen LogP contribution in [0.1, 0.15) is 32.0 Å². The van der Waals surface area contributed by atoms with Gasteiger partial charge in [-0.25, -0.2) is 13.6 Å². The molecule has 3 aromatic carbocycles. The molecule has 0 fully saturated rings. The molecule has 0 saturated heterocycles. The van der Waals surface area contributed by atoms with Crippen molar-refractivity contribution in [3.05, 3.63) is 101 Å². The second-order valence-electron chi connectivity index (χ2n) is 8.87. The molecule has 0 saturated carbocycles. The summed E-state index contributed by atoms with van der Waals surface area (Å²) >= 11 is 0. The number of anilines is 1. The standard InChI is InChI=1S/C28H24F2N4O4/c1-33-26-20-14-19(29)8-10-24(20)38-16-21(26)25(32-33)27(35)34(15-17-5-3-2-4-6-17)12-11-31-23-13-18(28(36)37)7-9-22(23)30/h2-10,13-14,31H,11-12,15-16H2,1H3,(H,36,37). The van der Waals surface area contributed by atoms with Gasteiger partial charge in [-0.1, -0.05) is 30.3 Å². The summed E-state index contributed by atoms with van der Waals surface area (Å²) in [7, 11) is 1.69. The lowest BCUT2D eigenvalue weighted by Crippen LogP contribution is -2.35. The molecule has 0 unspecified atom stereocenters. The maximum Gasteiger partial charge on any atom is 0.335 e. The van der Waals surface area contributed by atoms with Crippen molar-refractivity contribution in [2.24, 2.45) is 7.05 Å². The highest BCUT2D eigenvalue weighted by atomic mass is 19.1. The van der Waals surface area contributed by atoms with E-state index in [4.69, 9.17) is 4.74 Å². The van der Waals surface area contributed by atoms with Crippen LogP contribution in [0.2, 0.25) is 0 Å². The molecule has 1 amide bonds. The van der Waals surface area contributed by atoms with Crippen molar-refractivity contribution in [1.82, 2.24) is 14.7 Å². The maximum absolute atomic E-state index is 14.3. The third-order valence-electron chi connectivity index (χ3n) is 6.33. The molecule has 2 heterocycles. The predicted molar refractivity (Wildman–Crippen MR) is 136 cm³/mol. The van der Waals surface area contributed by atoms with Gasteiger partial charge in [0, 0.05) is 37.8 Å². The number of aromatic nitrogens is 2. The molecule has 194 valence electrons. The molecule has 0 atom stereocenters. The lowest BCUT2D eigenvalue weighted by Gasteiger charge is -2.24. The average molecular weight is 519 g/mol. The number of amides is 1. The first-order valence-corrected chi connectivity index (χ1v) is 11.9. The highest BCUT2D eigenvalue weighted by molar-refractivity contribution is 5.96. The number of ether oxygens (including phenoxy) is 1. The molecule has 0 radical (unpaired) electrons. The third-order valence-corrected chi connectivity index (χ3v) is 6.33. The predicted octanol–water partition coefficient (Wildman–Crippen LogP) is 4.71. The minimum Gasteiger partial charge on any atom is -0.488 e. The van der Waals surface area contributed by atoms with Crippen LogP contribution in [0.15, 0.2) is 66.7 Å². The number of carboxylic acids is 1. The zero-order valence-corrected chi connectivity index (χ0v) is 20.4. The number of nitrogens with one attached hydrogen (secondary N) is 1. The molecule has 0 aliphatic carbocycles. The van der Waals surface area contributed by atoms with Crippen LogP contribution >= 0.6 is 0 Å². The number of hydrogen-bond acceptors (Lipinski definition) is 5. The van der Waals surface area contributed by atoms with E-state index in [9.17, 15) is 23.5 Å². The average Bonchev–Trinajstić information content (AvgIpc) is 3.25. The zero-order chi connectivity index (χ0) is 26.8. The Hall–Kier alpha value is -4.73. The van der Waals surface area contributed by atoms with Gasteiger partial charge < -0.3 is 20.1 Å². The Morgan fingerprint density at radius 3 is 2.66 bits per heavy atom. The van der Waals surface area contributed by atoms with E-state index in [0.29, 0.717) is 22.6 Å². The number of aryl methyl sites for hydroxylation is 1. The zero-order valence-electron chi connectivity index (χ0n) is 20.4. The van der Waals surface area contributed by atoms with E-state index < -0.39 is 17.6 Å². The fourth-order valence-corrected chi connectivity index (χ4v) is 4.50. The Kier molecular flexibility index (Phi) is 6.78. The second-order valence-corrected chi connectivity index (χ2v) is 8.87. The monoisotopic (exact) mass is 518 g/mol. The molecule has 0 spiro atoms. The van der Waals surface area contributed by atoms with Gasteiger partial charge in [-0.2, -0.15) is 5.10 Å². The van der Waals surface area contributed by atoms with E-state index >= 15 is 0 Å². The van der Waals surface area contributed by atoms with Crippen molar-refractivity contribution in [3.8, 4) is 17.0 Å². The molecule has 2 N–H and O–H groups in total. The number of benzene rings is 3. The number of aromatic carboxylic acids is 1. The number of carboxylic acid groups (broad SMARTS) is 1. The Balaban J connectivity index is 1.42. The SMILES string of the molecule is Cn1nc(C(=O)N(CCNc2cc(C(=O)O)ccc2F)Cc2ccccc2)c2c1-c1cc(F)ccc1OC2. The van der Waals surface area contributed by atoms with Crippen molar-refractivity contribution < 1.29 is 28.2 Å². The van der Waals surface area contributed by atoms with Crippen molar-refractivity contribution in [2.45, 2.75) is 13.2 Å². The van der Waals surface area contributed by atoms with E-state index in [-0.39, 0.29) is 49.1 Å². The van der Waals surface area contributed by atoms with Gasteiger partial charge in [-0.3, -0.25) is 9.48 Å². The fraction of sp³-hybridized carbons (Fsp3) is 0.179. The van der Waals surface area contributed by atoms with Gasteiger partial charge in [-0.05, 0) is 42.0 Å².